The summed E-state index contributed by atoms with van der Waals surface area (Å²) in [5.41, 5.74) is 2.72. The van der Waals surface area contributed by atoms with Gasteiger partial charge < -0.3 is 0 Å². The zero-order chi connectivity index (χ0) is 18.6. The summed E-state index contributed by atoms with van der Waals surface area (Å²) in [6.07, 6.45) is 4.26. The van der Waals surface area contributed by atoms with Gasteiger partial charge in [-0.05, 0) is 43.9 Å². The van der Waals surface area contributed by atoms with E-state index in [9.17, 15) is 13.2 Å². The molecule has 2 aromatic carbocycles. The standard InChI is InChI=1S/C21H23NO3S/c1-16-10-13-18(14-11-16)26(24,25)22-20(19-8-5-9-21(19)23)15-12-17-6-3-2-4-7-17/h2-4,6-8,10-11,13-14,20,22H,5,9,12,15H2,1H3. The maximum atomic E-state index is 12.8. The van der Waals surface area contributed by atoms with Crippen LogP contribution in [0.1, 0.15) is 30.4 Å². The van der Waals surface area contributed by atoms with Gasteiger partial charge in [-0.3, -0.25) is 4.79 Å². The van der Waals surface area contributed by atoms with E-state index in [2.05, 4.69) is 4.72 Å². The molecule has 0 saturated heterocycles. The van der Waals surface area contributed by atoms with E-state index in [0.717, 1.165) is 11.1 Å². The fraction of sp³-hybridized carbons (Fsp3) is 0.286. The number of nitrogens with one attached hydrogen (secondary N) is 1. The number of rotatable bonds is 7. The van der Waals surface area contributed by atoms with Gasteiger partial charge in [-0.2, -0.15) is 0 Å². The number of ketones is 1. The van der Waals surface area contributed by atoms with Crippen molar-refractivity contribution in [3.63, 3.8) is 0 Å². The van der Waals surface area contributed by atoms with Crippen LogP contribution in [-0.2, 0) is 21.2 Å². The molecule has 1 aliphatic carbocycles. The fourth-order valence-electron chi connectivity index (χ4n) is 3.16. The van der Waals surface area contributed by atoms with Crippen molar-refractivity contribution in [3.05, 3.63) is 77.4 Å². The smallest absolute Gasteiger partial charge is 0.241 e. The maximum Gasteiger partial charge on any atom is 0.241 e. The number of hydrogen-bond acceptors (Lipinski definition) is 3. The van der Waals surface area contributed by atoms with Gasteiger partial charge in [0.1, 0.15) is 0 Å². The van der Waals surface area contributed by atoms with Crippen molar-refractivity contribution in [2.75, 3.05) is 0 Å². The number of benzene rings is 2. The molecule has 1 unspecified atom stereocenters. The van der Waals surface area contributed by atoms with Crippen LogP contribution in [0.4, 0.5) is 0 Å². The van der Waals surface area contributed by atoms with Crippen LogP contribution in [0.3, 0.4) is 0 Å². The van der Waals surface area contributed by atoms with Crippen molar-refractivity contribution in [3.8, 4) is 0 Å². The predicted octanol–water partition coefficient (Wildman–Crippen LogP) is 3.56. The average molecular weight is 369 g/mol. The molecule has 4 nitrogen and oxygen atoms in total. The number of carbonyl (C=O) groups excluding carboxylic acids is 1. The highest BCUT2D eigenvalue weighted by Crippen LogP contribution is 2.23. The van der Waals surface area contributed by atoms with Gasteiger partial charge in [0.2, 0.25) is 10.0 Å². The van der Waals surface area contributed by atoms with Crippen molar-refractivity contribution < 1.29 is 13.2 Å². The molecule has 0 fully saturated rings. The molecule has 136 valence electrons. The first-order valence-electron chi connectivity index (χ1n) is 8.82. The Morgan fingerprint density at radius 2 is 1.73 bits per heavy atom. The second kappa shape index (κ2) is 7.98. The summed E-state index contributed by atoms with van der Waals surface area (Å²) in [5.74, 6) is 0.0367. The second-order valence-corrected chi connectivity index (χ2v) is 8.35. The third kappa shape index (κ3) is 4.48. The maximum absolute atomic E-state index is 12.8. The molecule has 0 amide bonds. The van der Waals surface area contributed by atoms with Gasteiger partial charge in [0.05, 0.1) is 10.9 Å². The van der Waals surface area contributed by atoms with Crippen molar-refractivity contribution in [2.24, 2.45) is 0 Å². The molecule has 0 radical (unpaired) electrons. The van der Waals surface area contributed by atoms with Crippen molar-refractivity contribution >= 4 is 15.8 Å². The molecular weight excluding hydrogens is 346 g/mol. The van der Waals surface area contributed by atoms with E-state index >= 15 is 0 Å². The summed E-state index contributed by atoms with van der Waals surface area (Å²) >= 11 is 0. The van der Waals surface area contributed by atoms with E-state index in [0.29, 0.717) is 31.3 Å². The van der Waals surface area contributed by atoms with Gasteiger partial charge in [0, 0.05) is 12.0 Å². The predicted molar refractivity (Wildman–Crippen MR) is 102 cm³/mol. The summed E-state index contributed by atoms with van der Waals surface area (Å²) in [6.45, 7) is 1.91. The molecule has 5 heteroatoms. The zero-order valence-electron chi connectivity index (χ0n) is 14.8. The first kappa shape index (κ1) is 18.5. The molecule has 1 aliphatic rings. The molecule has 26 heavy (non-hydrogen) atoms. The minimum atomic E-state index is -3.68. The Morgan fingerprint density at radius 3 is 2.35 bits per heavy atom. The van der Waals surface area contributed by atoms with Crippen molar-refractivity contribution in [1.82, 2.24) is 4.72 Å². The van der Waals surface area contributed by atoms with Crippen LogP contribution < -0.4 is 4.72 Å². The molecule has 0 heterocycles. The van der Waals surface area contributed by atoms with Crippen LogP contribution >= 0.6 is 0 Å². The highest BCUT2D eigenvalue weighted by atomic mass is 32.2. The van der Waals surface area contributed by atoms with Crippen LogP contribution in [0, 0.1) is 6.92 Å². The molecule has 0 saturated carbocycles. The topological polar surface area (TPSA) is 63.2 Å². The molecule has 1 N–H and O–H groups in total. The van der Waals surface area contributed by atoms with Gasteiger partial charge in [0.15, 0.2) is 5.78 Å². The Hall–Kier alpha value is -2.24. The Balaban J connectivity index is 1.81. The molecule has 3 rings (SSSR count). The molecule has 1 atom stereocenters. The Labute approximate surface area is 155 Å². The largest absolute Gasteiger partial charge is 0.294 e. The van der Waals surface area contributed by atoms with E-state index < -0.39 is 16.1 Å². The van der Waals surface area contributed by atoms with Crippen LogP contribution in [0.2, 0.25) is 0 Å². The summed E-state index contributed by atoms with van der Waals surface area (Å²) in [4.78, 5) is 12.4. The summed E-state index contributed by atoms with van der Waals surface area (Å²) in [5, 5.41) is 0. The lowest BCUT2D eigenvalue weighted by Crippen LogP contribution is -2.38. The highest BCUT2D eigenvalue weighted by Gasteiger charge is 2.28. The van der Waals surface area contributed by atoms with E-state index in [1.54, 1.807) is 24.3 Å². The van der Waals surface area contributed by atoms with Gasteiger partial charge in [-0.1, -0.05) is 54.1 Å². The zero-order valence-corrected chi connectivity index (χ0v) is 15.6. The number of sulfonamides is 1. The quantitative estimate of drug-likeness (QED) is 0.812. The van der Waals surface area contributed by atoms with E-state index in [1.165, 1.54) is 0 Å². The Bertz CT molecular complexity index is 900. The summed E-state index contributed by atoms with van der Waals surface area (Å²) in [7, 11) is -3.68. The number of Topliss-reactive ketones (excluding diaryl/α,β-unsaturated/α-hetero) is 1. The van der Waals surface area contributed by atoms with Crippen LogP contribution in [0.25, 0.3) is 0 Å². The molecular formula is C21H23NO3S. The first-order chi connectivity index (χ1) is 12.5. The third-order valence-electron chi connectivity index (χ3n) is 4.63. The van der Waals surface area contributed by atoms with Crippen LogP contribution in [-0.4, -0.2) is 20.2 Å². The third-order valence-corrected chi connectivity index (χ3v) is 6.11. The number of aryl methyl sites for hydroxylation is 2. The molecule has 0 bridgehead atoms. The van der Waals surface area contributed by atoms with E-state index in [4.69, 9.17) is 0 Å². The van der Waals surface area contributed by atoms with Crippen molar-refractivity contribution in [2.45, 2.75) is 43.5 Å². The lowest BCUT2D eigenvalue weighted by molar-refractivity contribution is -0.115. The first-order valence-corrected chi connectivity index (χ1v) is 10.3. The van der Waals surface area contributed by atoms with Gasteiger partial charge in [-0.25, -0.2) is 13.1 Å². The van der Waals surface area contributed by atoms with Gasteiger partial charge in [-0.15, -0.1) is 0 Å². The van der Waals surface area contributed by atoms with E-state index in [1.807, 2.05) is 43.3 Å². The number of allylic oxidation sites excluding steroid dienone is 1. The minimum Gasteiger partial charge on any atom is -0.294 e. The average Bonchev–Trinajstić information content (AvgIpc) is 3.06. The Morgan fingerprint density at radius 1 is 1.04 bits per heavy atom. The lowest BCUT2D eigenvalue weighted by Gasteiger charge is -2.20. The molecule has 0 aromatic heterocycles. The van der Waals surface area contributed by atoms with E-state index in [-0.39, 0.29) is 10.7 Å². The monoisotopic (exact) mass is 369 g/mol. The minimum absolute atomic E-state index is 0.0367. The lowest BCUT2D eigenvalue weighted by atomic mass is 9.99. The van der Waals surface area contributed by atoms with Crippen molar-refractivity contribution in [1.29, 1.82) is 0 Å². The van der Waals surface area contributed by atoms with Gasteiger partial charge >= 0.3 is 0 Å². The number of carbonyl (C=O) groups is 1. The SMILES string of the molecule is Cc1ccc(S(=O)(=O)NC(CCc2ccccc2)C2=CCCC2=O)cc1. The summed E-state index contributed by atoms with van der Waals surface area (Å²) < 4.78 is 28.3. The molecule has 2 aromatic rings. The second-order valence-electron chi connectivity index (χ2n) is 6.63. The normalized spacial score (nSPS) is 15.7. The molecule has 0 spiro atoms. The fourth-order valence-corrected chi connectivity index (χ4v) is 4.41. The van der Waals surface area contributed by atoms with Crippen LogP contribution in [0.5, 0.6) is 0 Å². The highest BCUT2D eigenvalue weighted by molar-refractivity contribution is 7.89. The van der Waals surface area contributed by atoms with Gasteiger partial charge in [0.25, 0.3) is 0 Å². The molecule has 0 aliphatic heterocycles. The number of hydrogen-bond donors (Lipinski definition) is 1. The summed E-state index contributed by atoms with van der Waals surface area (Å²) in [6, 6.07) is 16.1. The Kier molecular flexibility index (Phi) is 5.69. The van der Waals surface area contributed by atoms with Crippen LogP contribution in [0.15, 0.2) is 71.1 Å².